The first-order chi connectivity index (χ1) is 9.78. The molecule has 0 atom stereocenters. The van der Waals surface area contributed by atoms with Crippen LogP contribution in [0.2, 0.25) is 0 Å². The van der Waals surface area contributed by atoms with Crippen molar-refractivity contribution in [2.24, 2.45) is 0 Å². The van der Waals surface area contributed by atoms with Crippen molar-refractivity contribution in [1.82, 2.24) is 9.97 Å². The maximum atomic E-state index is 5.99. The van der Waals surface area contributed by atoms with Crippen LogP contribution in [0.25, 0.3) is 11.1 Å². The van der Waals surface area contributed by atoms with Crippen LogP contribution in [0.3, 0.4) is 0 Å². The molecule has 5 nitrogen and oxygen atoms in total. The summed E-state index contributed by atoms with van der Waals surface area (Å²) in [5.74, 6) is 0.456. The molecular weight excluding hydrogens is 272 g/mol. The van der Waals surface area contributed by atoms with Gasteiger partial charge in [0.25, 0.3) is 0 Å². The Kier molecular flexibility index (Phi) is 3.47. The first-order valence-electron chi connectivity index (χ1n) is 6.14. The average Bonchev–Trinajstić information content (AvgIpc) is 2.89. The number of furan rings is 1. The lowest BCUT2D eigenvalue weighted by Crippen LogP contribution is -2.01. The monoisotopic (exact) mass is 286 g/mol. The predicted octanol–water partition coefficient (Wildman–Crippen LogP) is 3.14. The van der Waals surface area contributed by atoms with Crippen LogP contribution in [-0.4, -0.2) is 16.2 Å². The van der Waals surface area contributed by atoms with E-state index in [1.807, 2.05) is 36.6 Å². The quantitative estimate of drug-likeness (QED) is 0.567. The molecular formula is C14H14N4OS. The first-order valence-corrected chi connectivity index (χ1v) is 7.37. The fraction of sp³-hybridized carbons (Fsp3) is 0.143. The van der Waals surface area contributed by atoms with Gasteiger partial charge in [0.1, 0.15) is 5.82 Å². The zero-order chi connectivity index (χ0) is 13.9. The molecule has 3 aromatic rings. The van der Waals surface area contributed by atoms with E-state index in [0.29, 0.717) is 23.2 Å². The van der Waals surface area contributed by atoms with E-state index >= 15 is 0 Å². The number of rotatable bonds is 4. The van der Waals surface area contributed by atoms with E-state index in [4.69, 9.17) is 10.2 Å². The number of thioether (sulfide) groups is 1. The molecule has 0 radical (unpaired) electrons. The van der Waals surface area contributed by atoms with E-state index in [1.165, 1.54) is 11.8 Å². The van der Waals surface area contributed by atoms with E-state index in [2.05, 4.69) is 15.3 Å². The van der Waals surface area contributed by atoms with Gasteiger partial charge in [-0.25, -0.2) is 4.98 Å². The van der Waals surface area contributed by atoms with Crippen LogP contribution in [-0.2, 0) is 6.54 Å². The minimum absolute atomic E-state index is 0.456. The molecule has 6 heteroatoms. The predicted molar refractivity (Wildman–Crippen MR) is 81.8 cm³/mol. The molecule has 0 saturated carbocycles. The summed E-state index contributed by atoms with van der Waals surface area (Å²) in [6, 6.07) is 9.96. The number of aromatic nitrogens is 2. The Morgan fingerprint density at radius 3 is 2.80 bits per heavy atom. The number of nitrogens with two attached hydrogens (primary N) is 1. The molecule has 0 spiro atoms. The highest BCUT2D eigenvalue weighted by atomic mass is 32.2. The molecule has 0 fully saturated rings. The van der Waals surface area contributed by atoms with Crippen LogP contribution >= 0.6 is 11.8 Å². The van der Waals surface area contributed by atoms with E-state index in [0.717, 1.165) is 16.6 Å². The minimum atomic E-state index is 0.456. The fourth-order valence-electron chi connectivity index (χ4n) is 1.98. The van der Waals surface area contributed by atoms with E-state index in [1.54, 1.807) is 6.26 Å². The maximum Gasteiger partial charge on any atom is 0.232 e. The maximum absolute atomic E-state index is 5.99. The molecule has 20 heavy (non-hydrogen) atoms. The Morgan fingerprint density at radius 1 is 1.25 bits per heavy atom. The molecule has 0 aliphatic heterocycles. The summed E-state index contributed by atoms with van der Waals surface area (Å²) < 4.78 is 5.48. The highest BCUT2D eigenvalue weighted by Gasteiger charge is 2.13. The number of hydrogen-bond donors (Lipinski definition) is 2. The SMILES string of the molecule is CSc1nc(N)c2c(CNc3ccccc3)coc2n1. The van der Waals surface area contributed by atoms with E-state index in [9.17, 15) is 0 Å². The standard InChI is InChI=1S/C14H14N4OS/c1-20-14-17-12(15)11-9(8-19-13(11)18-14)7-16-10-5-3-2-4-6-10/h2-6,8,16H,7H2,1H3,(H2,15,17,18). The van der Waals surface area contributed by atoms with E-state index in [-0.39, 0.29) is 0 Å². The molecule has 0 aliphatic rings. The minimum Gasteiger partial charge on any atom is -0.446 e. The van der Waals surface area contributed by atoms with Gasteiger partial charge in [-0.3, -0.25) is 0 Å². The van der Waals surface area contributed by atoms with Gasteiger partial charge in [-0.15, -0.1) is 0 Å². The second kappa shape index (κ2) is 5.42. The van der Waals surface area contributed by atoms with Crippen LogP contribution in [0.15, 0.2) is 46.2 Å². The molecule has 0 saturated heterocycles. The van der Waals surface area contributed by atoms with Gasteiger partial charge < -0.3 is 15.5 Å². The molecule has 2 aromatic heterocycles. The highest BCUT2D eigenvalue weighted by Crippen LogP contribution is 2.27. The largest absolute Gasteiger partial charge is 0.446 e. The Morgan fingerprint density at radius 2 is 2.05 bits per heavy atom. The number of fused-ring (bicyclic) bond motifs is 1. The van der Waals surface area contributed by atoms with Gasteiger partial charge in [0.05, 0.1) is 11.6 Å². The Labute approximate surface area is 120 Å². The van der Waals surface area contributed by atoms with Crippen molar-refractivity contribution in [2.75, 3.05) is 17.3 Å². The summed E-state index contributed by atoms with van der Waals surface area (Å²) in [5, 5.41) is 4.72. The zero-order valence-corrected chi connectivity index (χ0v) is 11.8. The van der Waals surface area contributed by atoms with Crippen molar-refractivity contribution in [3.8, 4) is 0 Å². The molecule has 0 aliphatic carbocycles. The number of benzene rings is 1. The lowest BCUT2D eigenvalue weighted by molar-refractivity contribution is 0.594. The van der Waals surface area contributed by atoms with Crippen molar-refractivity contribution in [1.29, 1.82) is 0 Å². The fourth-order valence-corrected chi connectivity index (χ4v) is 2.35. The third-order valence-electron chi connectivity index (χ3n) is 2.96. The number of nitrogens with one attached hydrogen (secondary N) is 1. The third kappa shape index (κ3) is 2.42. The molecule has 0 amide bonds. The molecule has 3 N–H and O–H groups in total. The van der Waals surface area contributed by atoms with Crippen LogP contribution in [0.1, 0.15) is 5.56 Å². The number of para-hydroxylation sites is 1. The van der Waals surface area contributed by atoms with Gasteiger partial charge in [0.15, 0.2) is 5.16 Å². The summed E-state index contributed by atoms with van der Waals surface area (Å²) in [6.45, 7) is 0.614. The number of anilines is 2. The average molecular weight is 286 g/mol. The van der Waals surface area contributed by atoms with Crippen LogP contribution in [0.4, 0.5) is 11.5 Å². The molecule has 2 heterocycles. The number of hydrogen-bond acceptors (Lipinski definition) is 6. The Balaban J connectivity index is 1.89. The lowest BCUT2D eigenvalue weighted by atomic mass is 10.2. The van der Waals surface area contributed by atoms with Crippen molar-refractivity contribution >= 4 is 34.4 Å². The van der Waals surface area contributed by atoms with Crippen LogP contribution in [0, 0.1) is 0 Å². The van der Waals surface area contributed by atoms with Crippen molar-refractivity contribution < 1.29 is 4.42 Å². The van der Waals surface area contributed by atoms with Crippen molar-refractivity contribution in [3.63, 3.8) is 0 Å². The second-order valence-electron chi connectivity index (χ2n) is 4.26. The molecule has 3 rings (SSSR count). The lowest BCUT2D eigenvalue weighted by Gasteiger charge is -2.05. The van der Waals surface area contributed by atoms with Crippen molar-refractivity contribution in [3.05, 3.63) is 42.2 Å². The second-order valence-corrected chi connectivity index (χ2v) is 5.03. The van der Waals surface area contributed by atoms with Gasteiger partial charge in [-0.1, -0.05) is 30.0 Å². The Hall–Kier alpha value is -2.21. The number of nitrogens with zero attached hydrogens (tertiary/aromatic N) is 2. The summed E-state index contributed by atoms with van der Waals surface area (Å²) in [6.07, 6.45) is 3.58. The van der Waals surface area contributed by atoms with Gasteiger partial charge in [0, 0.05) is 17.8 Å². The van der Waals surface area contributed by atoms with Crippen molar-refractivity contribution in [2.45, 2.75) is 11.7 Å². The topological polar surface area (TPSA) is 77.0 Å². The normalized spacial score (nSPS) is 10.8. The zero-order valence-electron chi connectivity index (χ0n) is 11.0. The van der Waals surface area contributed by atoms with Crippen LogP contribution in [0.5, 0.6) is 0 Å². The van der Waals surface area contributed by atoms with E-state index < -0.39 is 0 Å². The van der Waals surface area contributed by atoms with Crippen LogP contribution < -0.4 is 11.1 Å². The molecule has 1 aromatic carbocycles. The molecule has 102 valence electrons. The summed E-state index contributed by atoms with van der Waals surface area (Å²) in [4.78, 5) is 8.56. The summed E-state index contributed by atoms with van der Waals surface area (Å²) >= 11 is 1.44. The molecule has 0 bridgehead atoms. The summed E-state index contributed by atoms with van der Waals surface area (Å²) in [7, 11) is 0. The Bertz CT molecular complexity index is 727. The summed E-state index contributed by atoms with van der Waals surface area (Å²) in [5.41, 5.74) is 8.52. The molecule has 0 unspecified atom stereocenters. The number of nitrogen functional groups attached to an aromatic ring is 1. The smallest absolute Gasteiger partial charge is 0.232 e. The van der Waals surface area contributed by atoms with Gasteiger partial charge in [0.2, 0.25) is 5.71 Å². The first kappa shape index (κ1) is 12.8. The third-order valence-corrected chi connectivity index (χ3v) is 3.50. The van der Waals surface area contributed by atoms with Gasteiger partial charge >= 0.3 is 0 Å². The van der Waals surface area contributed by atoms with Gasteiger partial charge in [-0.05, 0) is 18.4 Å². The highest BCUT2D eigenvalue weighted by molar-refractivity contribution is 7.98. The van der Waals surface area contributed by atoms with Gasteiger partial charge in [-0.2, -0.15) is 4.98 Å².